The number of ketones is 1. The van der Waals surface area contributed by atoms with E-state index in [4.69, 9.17) is 16.3 Å². The highest BCUT2D eigenvalue weighted by Crippen LogP contribution is 2.16. The second kappa shape index (κ2) is 7.92. The quantitative estimate of drug-likeness (QED) is 0.435. The van der Waals surface area contributed by atoms with Gasteiger partial charge in [-0.05, 0) is 29.8 Å². The van der Waals surface area contributed by atoms with Gasteiger partial charge in [-0.15, -0.1) is 0 Å². The van der Waals surface area contributed by atoms with E-state index in [0.717, 1.165) is 5.56 Å². The molecule has 3 nitrogen and oxygen atoms in total. The third-order valence-corrected chi connectivity index (χ3v) is 3.75. The van der Waals surface area contributed by atoms with Crippen molar-refractivity contribution in [1.82, 2.24) is 0 Å². The SMILES string of the molecule is O=C(/C=C/c1ccc(Cl)cc1)OCC(=O)c1ccccc1Br. The van der Waals surface area contributed by atoms with Gasteiger partial charge in [0.2, 0.25) is 5.78 Å². The van der Waals surface area contributed by atoms with Crippen LogP contribution in [0.2, 0.25) is 5.02 Å². The van der Waals surface area contributed by atoms with Gasteiger partial charge < -0.3 is 4.74 Å². The minimum Gasteiger partial charge on any atom is -0.454 e. The lowest BCUT2D eigenvalue weighted by molar-refractivity contribution is -0.136. The number of hydrogen-bond donors (Lipinski definition) is 0. The number of esters is 1. The summed E-state index contributed by atoms with van der Waals surface area (Å²) in [6.07, 6.45) is 2.87. The normalized spacial score (nSPS) is 10.6. The van der Waals surface area contributed by atoms with Gasteiger partial charge in [0.1, 0.15) is 0 Å². The van der Waals surface area contributed by atoms with Crippen molar-refractivity contribution in [3.8, 4) is 0 Å². The fraction of sp³-hybridized carbons (Fsp3) is 0.0588. The molecular formula is C17H12BrClO3. The molecule has 2 rings (SSSR count). The number of rotatable bonds is 5. The summed E-state index contributed by atoms with van der Waals surface area (Å²) in [5.74, 6) is -0.837. The zero-order chi connectivity index (χ0) is 15.9. The molecule has 0 radical (unpaired) electrons. The van der Waals surface area contributed by atoms with Crippen molar-refractivity contribution in [3.05, 3.63) is 75.2 Å². The standard InChI is InChI=1S/C17H12BrClO3/c18-15-4-2-1-3-14(15)16(20)11-22-17(21)10-7-12-5-8-13(19)9-6-12/h1-10H,11H2/b10-7+. The van der Waals surface area contributed by atoms with Crippen LogP contribution in [0, 0.1) is 0 Å². The van der Waals surface area contributed by atoms with E-state index in [9.17, 15) is 9.59 Å². The largest absolute Gasteiger partial charge is 0.454 e. The van der Waals surface area contributed by atoms with E-state index in [1.807, 2.05) is 6.07 Å². The molecule has 0 aliphatic carbocycles. The van der Waals surface area contributed by atoms with Crippen LogP contribution >= 0.6 is 27.5 Å². The molecule has 0 unspecified atom stereocenters. The Morgan fingerprint density at radius 1 is 1.09 bits per heavy atom. The third-order valence-electron chi connectivity index (χ3n) is 2.80. The smallest absolute Gasteiger partial charge is 0.331 e. The number of Topliss-reactive ketones (excluding diaryl/α,β-unsaturated/α-hetero) is 1. The lowest BCUT2D eigenvalue weighted by Crippen LogP contribution is -2.13. The fourth-order valence-corrected chi connectivity index (χ4v) is 2.32. The van der Waals surface area contributed by atoms with Crippen molar-refractivity contribution < 1.29 is 14.3 Å². The monoisotopic (exact) mass is 378 g/mol. The van der Waals surface area contributed by atoms with Crippen molar-refractivity contribution in [2.24, 2.45) is 0 Å². The molecule has 0 atom stereocenters. The number of hydrogen-bond acceptors (Lipinski definition) is 3. The van der Waals surface area contributed by atoms with Gasteiger partial charge in [0.05, 0.1) is 0 Å². The summed E-state index contributed by atoms with van der Waals surface area (Å²) in [7, 11) is 0. The Morgan fingerprint density at radius 2 is 1.77 bits per heavy atom. The number of ether oxygens (including phenoxy) is 1. The maximum absolute atomic E-state index is 11.9. The lowest BCUT2D eigenvalue weighted by Gasteiger charge is -2.03. The highest BCUT2D eigenvalue weighted by molar-refractivity contribution is 9.10. The third kappa shape index (κ3) is 4.83. The first-order valence-electron chi connectivity index (χ1n) is 6.44. The Kier molecular flexibility index (Phi) is 5.92. The number of benzene rings is 2. The first-order chi connectivity index (χ1) is 10.6. The fourth-order valence-electron chi connectivity index (χ4n) is 1.69. The molecule has 0 bridgehead atoms. The van der Waals surface area contributed by atoms with Gasteiger partial charge in [-0.2, -0.15) is 0 Å². The molecule has 0 spiro atoms. The van der Waals surface area contributed by atoms with Crippen LogP contribution in [-0.4, -0.2) is 18.4 Å². The average molecular weight is 380 g/mol. The summed E-state index contributed by atoms with van der Waals surface area (Å²) in [6.45, 7) is -0.299. The Hall–Kier alpha value is -1.91. The van der Waals surface area contributed by atoms with E-state index in [1.54, 1.807) is 48.5 Å². The van der Waals surface area contributed by atoms with Crippen molar-refractivity contribution in [3.63, 3.8) is 0 Å². The average Bonchev–Trinajstić information content (AvgIpc) is 2.52. The molecule has 0 saturated carbocycles. The molecule has 0 fully saturated rings. The van der Waals surface area contributed by atoms with Gasteiger partial charge in [-0.1, -0.05) is 57.9 Å². The molecule has 2 aromatic carbocycles. The maximum Gasteiger partial charge on any atom is 0.331 e. The van der Waals surface area contributed by atoms with E-state index in [1.165, 1.54) is 6.08 Å². The molecule has 0 heterocycles. The summed E-state index contributed by atoms with van der Waals surface area (Å²) in [5.41, 5.74) is 1.30. The Labute approximate surface area is 141 Å². The van der Waals surface area contributed by atoms with E-state index < -0.39 is 5.97 Å². The van der Waals surface area contributed by atoms with Crippen molar-refractivity contribution >= 4 is 45.4 Å². The number of halogens is 2. The summed E-state index contributed by atoms with van der Waals surface area (Å²) < 4.78 is 5.61. The molecule has 2 aromatic rings. The van der Waals surface area contributed by atoms with Crippen molar-refractivity contribution in [2.75, 3.05) is 6.61 Å². The van der Waals surface area contributed by atoms with Crippen LogP contribution in [0.4, 0.5) is 0 Å². The molecule has 0 aliphatic heterocycles. The molecule has 22 heavy (non-hydrogen) atoms. The molecular weight excluding hydrogens is 368 g/mol. The Balaban J connectivity index is 1.89. The second-order valence-electron chi connectivity index (χ2n) is 4.40. The molecule has 0 amide bonds. The van der Waals surface area contributed by atoms with Gasteiger partial charge in [0.25, 0.3) is 0 Å². The number of carbonyl (C=O) groups excluding carboxylic acids is 2. The van der Waals surface area contributed by atoms with Gasteiger partial charge in [-0.3, -0.25) is 4.79 Å². The van der Waals surface area contributed by atoms with Gasteiger partial charge in [-0.25, -0.2) is 4.79 Å². The van der Waals surface area contributed by atoms with Crippen molar-refractivity contribution in [2.45, 2.75) is 0 Å². The van der Waals surface area contributed by atoms with E-state index >= 15 is 0 Å². The molecule has 0 N–H and O–H groups in total. The van der Waals surface area contributed by atoms with E-state index in [2.05, 4.69) is 15.9 Å². The molecule has 0 aromatic heterocycles. The van der Waals surface area contributed by atoms with Crippen molar-refractivity contribution in [1.29, 1.82) is 0 Å². The van der Waals surface area contributed by atoms with Crippen LogP contribution in [0.3, 0.4) is 0 Å². The molecule has 0 aliphatic rings. The van der Waals surface area contributed by atoms with Crippen LogP contribution < -0.4 is 0 Å². The minimum atomic E-state index is -0.574. The topological polar surface area (TPSA) is 43.4 Å². The second-order valence-corrected chi connectivity index (χ2v) is 5.69. The van der Waals surface area contributed by atoms with Crippen LogP contribution in [0.25, 0.3) is 6.08 Å². The summed E-state index contributed by atoms with van der Waals surface area (Å²) in [6, 6.07) is 14.0. The summed E-state index contributed by atoms with van der Waals surface area (Å²) in [5, 5.41) is 0.624. The number of carbonyl (C=O) groups is 2. The predicted molar refractivity (Wildman–Crippen MR) is 89.9 cm³/mol. The minimum absolute atomic E-state index is 0.263. The van der Waals surface area contributed by atoms with Gasteiger partial charge >= 0.3 is 5.97 Å². The lowest BCUT2D eigenvalue weighted by atomic mass is 10.1. The van der Waals surface area contributed by atoms with Gasteiger partial charge in [0.15, 0.2) is 6.61 Å². The zero-order valence-corrected chi connectivity index (χ0v) is 13.8. The van der Waals surface area contributed by atoms with E-state index in [-0.39, 0.29) is 12.4 Å². The zero-order valence-electron chi connectivity index (χ0n) is 11.5. The van der Waals surface area contributed by atoms with Crippen LogP contribution in [0.15, 0.2) is 59.1 Å². The highest BCUT2D eigenvalue weighted by Gasteiger charge is 2.11. The first-order valence-corrected chi connectivity index (χ1v) is 7.61. The summed E-state index contributed by atoms with van der Waals surface area (Å²) in [4.78, 5) is 23.5. The summed E-state index contributed by atoms with van der Waals surface area (Å²) >= 11 is 9.06. The maximum atomic E-state index is 11.9. The molecule has 5 heteroatoms. The molecule has 112 valence electrons. The highest BCUT2D eigenvalue weighted by atomic mass is 79.9. The van der Waals surface area contributed by atoms with E-state index in [0.29, 0.717) is 15.1 Å². The predicted octanol–water partition coefficient (Wildman–Crippen LogP) is 4.54. The van der Waals surface area contributed by atoms with Gasteiger partial charge in [0, 0.05) is 21.1 Å². The van der Waals surface area contributed by atoms with Crippen LogP contribution in [0.1, 0.15) is 15.9 Å². The Morgan fingerprint density at radius 3 is 2.45 bits per heavy atom. The Bertz CT molecular complexity index is 708. The molecule has 0 saturated heterocycles. The van der Waals surface area contributed by atoms with Crippen LogP contribution in [-0.2, 0) is 9.53 Å². The van der Waals surface area contributed by atoms with Crippen LogP contribution in [0.5, 0.6) is 0 Å². The first kappa shape index (κ1) is 16.5.